The number of aliphatic hydroxyl groups is 1. The second-order valence-corrected chi connectivity index (χ2v) is 8.88. The Morgan fingerprint density at radius 2 is 1.76 bits per heavy atom. The number of rotatable bonds is 10. The molecule has 21 heavy (non-hydrogen) atoms. The van der Waals surface area contributed by atoms with Crippen molar-refractivity contribution in [2.45, 2.75) is 39.7 Å². The van der Waals surface area contributed by atoms with Gasteiger partial charge in [0.05, 0.1) is 19.3 Å². The summed E-state index contributed by atoms with van der Waals surface area (Å²) in [5.74, 6) is 0.639. The largest absolute Gasteiger partial charge is 0.389 e. The van der Waals surface area contributed by atoms with E-state index < -0.39 is 12.9 Å². The predicted molar refractivity (Wildman–Crippen MR) is 88.7 cm³/mol. The van der Waals surface area contributed by atoms with Crippen molar-refractivity contribution >= 4 is 18.2 Å². The molecule has 0 spiro atoms. The van der Waals surface area contributed by atoms with Crippen LogP contribution in [0.2, 0.25) is 0 Å². The molecule has 0 aliphatic heterocycles. The van der Waals surface area contributed by atoms with E-state index in [-0.39, 0.29) is 0 Å². The lowest BCUT2D eigenvalue weighted by atomic mass is 10.0. The van der Waals surface area contributed by atoms with Gasteiger partial charge in [-0.3, -0.25) is 0 Å². The Labute approximate surface area is 131 Å². The average Bonchev–Trinajstić information content (AvgIpc) is 2.45. The van der Waals surface area contributed by atoms with Crippen molar-refractivity contribution in [1.82, 2.24) is 0 Å². The first-order valence-corrected chi connectivity index (χ1v) is 10.4. The smallest absolute Gasteiger partial charge is 0.388 e. The van der Waals surface area contributed by atoms with Crippen molar-refractivity contribution in [2.75, 3.05) is 19.0 Å². The maximum atomic E-state index is 12.2. The van der Waals surface area contributed by atoms with Crippen molar-refractivity contribution in [1.29, 1.82) is 0 Å². The van der Waals surface area contributed by atoms with Crippen molar-refractivity contribution < 1.29 is 18.7 Å². The molecule has 0 saturated heterocycles. The van der Waals surface area contributed by atoms with Crippen LogP contribution in [0, 0.1) is 6.92 Å². The first kappa shape index (κ1) is 18.7. The number of aliphatic hydroxyl groups excluding tert-OH is 1. The van der Waals surface area contributed by atoms with Crippen molar-refractivity contribution in [3.63, 3.8) is 0 Å². The number of hydrogen-bond acceptors (Lipinski definition) is 5. The van der Waals surface area contributed by atoms with Gasteiger partial charge in [0.2, 0.25) is 0 Å². The van der Waals surface area contributed by atoms with Crippen LogP contribution in [-0.2, 0) is 13.6 Å². The Morgan fingerprint density at radius 3 is 2.29 bits per heavy atom. The summed E-state index contributed by atoms with van der Waals surface area (Å²) in [6.07, 6.45) is 0.905. The first-order valence-electron chi connectivity index (χ1n) is 7.29. The minimum absolute atomic E-state index is 0.371. The maximum Gasteiger partial charge on any atom is 0.389 e. The maximum absolute atomic E-state index is 12.2. The van der Waals surface area contributed by atoms with Gasteiger partial charge in [0.1, 0.15) is 0 Å². The molecule has 0 bridgehead atoms. The summed E-state index contributed by atoms with van der Waals surface area (Å²) < 4.78 is 22.6. The fourth-order valence-electron chi connectivity index (χ4n) is 1.84. The zero-order valence-electron chi connectivity index (χ0n) is 12.9. The van der Waals surface area contributed by atoms with Gasteiger partial charge in [0, 0.05) is 5.75 Å². The summed E-state index contributed by atoms with van der Waals surface area (Å²) in [6, 6.07) is 7.87. The molecule has 1 aromatic carbocycles. The molecule has 120 valence electrons. The third-order valence-electron chi connectivity index (χ3n) is 2.91. The molecule has 0 aliphatic rings. The highest BCUT2D eigenvalue weighted by Gasteiger charge is 2.24. The van der Waals surface area contributed by atoms with Gasteiger partial charge in [0.25, 0.3) is 0 Å². The van der Waals surface area contributed by atoms with Crippen molar-refractivity contribution in [3.8, 4) is 0 Å². The van der Waals surface area contributed by atoms with Gasteiger partial charge >= 0.3 is 6.80 Å². The van der Waals surface area contributed by atoms with E-state index in [0.717, 1.165) is 12.0 Å². The Bertz CT molecular complexity index is 439. The molecule has 0 aliphatic carbocycles. The molecular formula is C15H25O4PS. The molecule has 6 heteroatoms. The minimum atomic E-state index is -3.02. The van der Waals surface area contributed by atoms with Crippen LogP contribution in [0.4, 0.5) is 0 Å². The van der Waals surface area contributed by atoms with Crippen LogP contribution >= 0.6 is 18.2 Å². The zero-order chi connectivity index (χ0) is 15.7. The predicted octanol–water partition coefficient (Wildman–Crippen LogP) is 4.72. The van der Waals surface area contributed by atoms with E-state index in [1.165, 1.54) is 16.9 Å². The van der Waals surface area contributed by atoms with Gasteiger partial charge < -0.3 is 14.2 Å². The van der Waals surface area contributed by atoms with Gasteiger partial charge in [-0.2, -0.15) is 0 Å². The molecule has 4 nitrogen and oxygen atoms in total. The number of aryl methyl sites for hydroxylation is 1. The SMILES string of the molecule is CCOP(=O)(OCC)SCCC[C@@H](O)c1ccc(C)cc1. The standard InChI is InChI=1S/C15H25O4PS/c1-4-18-20(17,19-5-2)21-12-6-7-15(16)14-10-8-13(3)9-11-14/h8-11,15-16H,4-7,12H2,1-3H3/t15-/m1/s1. The van der Waals surface area contributed by atoms with Crippen LogP contribution in [0.1, 0.15) is 43.9 Å². The van der Waals surface area contributed by atoms with E-state index >= 15 is 0 Å². The van der Waals surface area contributed by atoms with Gasteiger partial charge in [-0.25, -0.2) is 4.57 Å². The highest BCUT2D eigenvalue weighted by Crippen LogP contribution is 2.60. The fraction of sp³-hybridized carbons (Fsp3) is 0.600. The molecule has 1 aromatic rings. The summed E-state index contributed by atoms with van der Waals surface area (Å²) in [6.45, 7) is 3.34. The zero-order valence-corrected chi connectivity index (χ0v) is 14.7. The lowest BCUT2D eigenvalue weighted by Gasteiger charge is -2.16. The van der Waals surface area contributed by atoms with Crippen molar-refractivity contribution in [3.05, 3.63) is 35.4 Å². The van der Waals surface area contributed by atoms with Crippen LogP contribution in [0.25, 0.3) is 0 Å². The van der Waals surface area contributed by atoms with Crippen molar-refractivity contribution in [2.24, 2.45) is 0 Å². The summed E-state index contributed by atoms with van der Waals surface area (Å²) >= 11 is 1.21. The molecule has 0 fully saturated rings. The Hall–Kier alpha value is -0.320. The molecule has 0 unspecified atom stereocenters. The van der Waals surface area contributed by atoms with E-state index in [1.54, 1.807) is 13.8 Å². The fourth-order valence-corrected chi connectivity index (χ4v) is 5.35. The second-order valence-electron chi connectivity index (χ2n) is 4.68. The monoisotopic (exact) mass is 332 g/mol. The summed E-state index contributed by atoms with van der Waals surface area (Å²) in [5.41, 5.74) is 2.10. The number of hydrogen-bond donors (Lipinski definition) is 1. The Balaban J connectivity index is 2.35. The van der Waals surface area contributed by atoms with Crippen LogP contribution in [0.3, 0.4) is 0 Å². The topological polar surface area (TPSA) is 55.8 Å². The van der Waals surface area contributed by atoms with Crippen LogP contribution in [0.5, 0.6) is 0 Å². The van der Waals surface area contributed by atoms with Gasteiger partial charge in [-0.1, -0.05) is 29.8 Å². The summed E-state index contributed by atoms with van der Waals surface area (Å²) in [5, 5.41) is 10.1. The van der Waals surface area contributed by atoms with Crippen LogP contribution in [0.15, 0.2) is 24.3 Å². The van der Waals surface area contributed by atoms with E-state index in [4.69, 9.17) is 9.05 Å². The molecular weight excluding hydrogens is 307 g/mol. The van der Waals surface area contributed by atoms with E-state index in [2.05, 4.69) is 0 Å². The van der Waals surface area contributed by atoms with Gasteiger partial charge in [-0.05, 0) is 50.6 Å². The summed E-state index contributed by atoms with van der Waals surface area (Å²) in [7, 11) is 0. The lowest BCUT2D eigenvalue weighted by molar-refractivity contribution is 0.167. The molecule has 0 heterocycles. The highest BCUT2D eigenvalue weighted by atomic mass is 32.7. The molecule has 1 N–H and O–H groups in total. The van der Waals surface area contributed by atoms with Gasteiger partial charge in [0.15, 0.2) is 0 Å². The lowest BCUT2D eigenvalue weighted by Crippen LogP contribution is -1.99. The average molecular weight is 332 g/mol. The molecule has 0 radical (unpaired) electrons. The number of benzene rings is 1. The van der Waals surface area contributed by atoms with Gasteiger partial charge in [-0.15, -0.1) is 0 Å². The first-order chi connectivity index (χ1) is 10.0. The van der Waals surface area contributed by atoms with E-state index in [9.17, 15) is 9.67 Å². The quantitative estimate of drug-likeness (QED) is 0.496. The van der Waals surface area contributed by atoms with Crippen LogP contribution < -0.4 is 0 Å². The Kier molecular flexibility index (Phi) is 8.60. The van der Waals surface area contributed by atoms with E-state index in [0.29, 0.717) is 25.4 Å². The van der Waals surface area contributed by atoms with Crippen LogP contribution in [-0.4, -0.2) is 24.1 Å². The minimum Gasteiger partial charge on any atom is -0.388 e. The molecule has 0 aromatic heterocycles. The van der Waals surface area contributed by atoms with E-state index in [1.807, 2.05) is 31.2 Å². The second kappa shape index (κ2) is 9.65. The molecule has 0 saturated carbocycles. The third-order valence-corrected chi connectivity index (χ3v) is 6.97. The third kappa shape index (κ3) is 6.98. The normalized spacial score (nSPS) is 13.3. The summed E-state index contributed by atoms with van der Waals surface area (Å²) in [4.78, 5) is 0. The highest BCUT2D eigenvalue weighted by molar-refractivity contribution is 8.55. The molecule has 1 atom stereocenters. The Morgan fingerprint density at radius 1 is 1.19 bits per heavy atom. The molecule has 1 rings (SSSR count). The molecule has 0 amide bonds.